The molecule has 1 aromatic carbocycles. The van der Waals surface area contributed by atoms with E-state index in [1.54, 1.807) is 50.7 Å². The first kappa shape index (κ1) is 25.3. The first-order valence-electron chi connectivity index (χ1n) is 10.6. The van der Waals surface area contributed by atoms with E-state index in [1.165, 1.54) is 6.20 Å². The highest BCUT2D eigenvalue weighted by Gasteiger charge is 2.31. The van der Waals surface area contributed by atoms with Crippen molar-refractivity contribution in [1.29, 1.82) is 0 Å². The van der Waals surface area contributed by atoms with Crippen molar-refractivity contribution >= 4 is 21.8 Å². The number of rotatable bonds is 9. The summed E-state index contributed by atoms with van der Waals surface area (Å²) >= 11 is 0. The Hall–Kier alpha value is -3.37. The van der Waals surface area contributed by atoms with Crippen molar-refractivity contribution in [2.24, 2.45) is 7.05 Å². The van der Waals surface area contributed by atoms with Gasteiger partial charge in [0.1, 0.15) is 11.5 Å². The number of halogens is 1. The van der Waals surface area contributed by atoms with E-state index in [0.717, 1.165) is 28.6 Å². The summed E-state index contributed by atoms with van der Waals surface area (Å²) in [6.45, 7) is 4.58. The molecule has 8 nitrogen and oxygen atoms in total. The zero-order valence-electron chi connectivity index (χ0n) is 19.4. The quantitative estimate of drug-likeness (QED) is 0.339. The Morgan fingerprint density at radius 3 is 2.41 bits per heavy atom. The predicted octanol–water partition coefficient (Wildman–Crippen LogP) is 3.43. The first-order chi connectivity index (χ1) is 16.1. The maximum absolute atomic E-state index is 13.4. The molecule has 0 spiro atoms. The molecule has 0 atom stereocenters. The number of Topliss-reactive ketones (excluding diaryl/α,β-unsaturated/α-hetero) is 1. The van der Waals surface area contributed by atoms with Gasteiger partial charge < -0.3 is 9.30 Å². The van der Waals surface area contributed by atoms with Gasteiger partial charge in [0.2, 0.25) is 10.0 Å². The molecule has 0 aliphatic rings. The minimum atomic E-state index is -4.15. The molecule has 0 fully saturated rings. The topological polar surface area (TPSA) is 98.6 Å². The highest BCUT2D eigenvalue weighted by Crippen LogP contribution is 2.25. The Morgan fingerprint density at radius 1 is 1.15 bits per heavy atom. The number of benzene rings is 1. The lowest BCUT2D eigenvalue weighted by Crippen LogP contribution is -2.35. The van der Waals surface area contributed by atoms with E-state index in [0.29, 0.717) is 16.8 Å². The van der Waals surface area contributed by atoms with Crippen LogP contribution in [-0.4, -0.2) is 47.2 Å². The largest absolute Gasteiger partial charge is 0.461 e. The van der Waals surface area contributed by atoms with Gasteiger partial charge in [-0.25, -0.2) is 17.6 Å². The lowest BCUT2D eigenvalue weighted by Gasteiger charge is -2.22. The summed E-state index contributed by atoms with van der Waals surface area (Å²) in [4.78, 5) is 29.7. The first-order valence-corrected chi connectivity index (χ1v) is 12.0. The summed E-state index contributed by atoms with van der Waals surface area (Å²) in [5, 5.41) is 0. The van der Waals surface area contributed by atoms with Gasteiger partial charge in [0.25, 0.3) is 0 Å². The minimum absolute atomic E-state index is 0.116. The number of ether oxygens (including phenoxy) is 1. The molecule has 3 rings (SSSR count). The van der Waals surface area contributed by atoms with Crippen LogP contribution in [0.1, 0.15) is 44.6 Å². The molecule has 3 aromatic rings. The SMILES string of the molecule is CCOC(=O)c1c(C)c(C(=O)CN(Cc2cccnc2)S(=O)(=O)c2ccc(F)cc2)c(C)n1C. The van der Waals surface area contributed by atoms with Crippen LogP contribution < -0.4 is 0 Å². The van der Waals surface area contributed by atoms with Crippen LogP contribution in [0.25, 0.3) is 0 Å². The third-order valence-corrected chi connectivity index (χ3v) is 7.34. The summed E-state index contributed by atoms with van der Waals surface area (Å²) in [7, 11) is -2.51. The van der Waals surface area contributed by atoms with Crippen LogP contribution in [-0.2, 0) is 28.4 Å². The molecule has 0 bridgehead atoms. The Labute approximate surface area is 198 Å². The summed E-state index contributed by atoms with van der Waals surface area (Å²) in [5.41, 5.74) is 2.02. The molecule has 0 saturated carbocycles. The second-order valence-electron chi connectivity index (χ2n) is 7.72. The minimum Gasteiger partial charge on any atom is -0.461 e. The molecule has 0 aliphatic carbocycles. The Balaban J connectivity index is 2.02. The van der Waals surface area contributed by atoms with Gasteiger partial charge in [-0.05, 0) is 62.2 Å². The molecular weight excluding hydrogens is 461 g/mol. The summed E-state index contributed by atoms with van der Waals surface area (Å²) < 4.78 is 47.9. The van der Waals surface area contributed by atoms with E-state index < -0.39 is 34.1 Å². The third-order valence-electron chi connectivity index (χ3n) is 5.53. The molecule has 0 radical (unpaired) electrons. The van der Waals surface area contributed by atoms with Crippen LogP contribution in [0.3, 0.4) is 0 Å². The molecule has 0 saturated heterocycles. The molecule has 0 unspecified atom stereocenters. The van der Waals surface area contributed by atoms with Crippen molar-refractivity contribution in [3.8, 4) is 0 Å². The lowest BCUT2D eigenvalue weighted by atomic mass is 10.1. The molecular formula is C24H26FN3O5S. The molecule has 180 valence electrons. The van der Waals surface area contributed by atoms with Crippen LogP contribution in [0, 0.1) is 19.7 Å². The smallest absolute Gasteiger partial charge is 0.355 e. The molecule has 2 aromatic heterocycles. The van der Waals surface area contributed by atoms with Gasteiger partial charge in [0, 0.05) is 37.2 Å². The zero-order valence-corrected chi connectivity index (χ0v) is 20.2. The van der Waals surface area contributed by atoms with Crippen molar-refractivity contribution in [3.63, 3.8) is 0 Å². The molecule has 0 N–H and O–H groups in total. The number of hydrogen-bond donors (Lipinski definition) is 0. The highest BCUT2D eigenvalue weighted by molar-refractivity contribution is 7.89. The maximum Gasteiger partial charge on any atom is 0.355 e. The van der Waals surface area contributed by atoms with Crippen molar-refractivity contribution in [3.05, 3.63) is 82.7 Å². The number of hydrogen-bond acceptors (Lipinski definition) is 6. The van der Waals surface area contributed by atoms with Crippen LogP contribution in [0.4, 0.5) is 4.39 Å². The van der Waals surface area contributed by atoms with E-state index in [2.05, 4.69) is 4.98 Å². The number of carbonyl (C=O) groups is 2. The van der Waals surface area contributed by atoms with E-state index in [4.69, 9.17) is 4.74 Å². The average Bonchev–Trinajstić information content (AvgIpc) is 3.02. The Bertz CT molecular complexity index is 1300. The predicted molar refractivity (Wildman–Crippen MR) is 123 cm³/mol. The Morgan fingerprint density at radius 2 is 1.82 bits per heavy atom. The molecule has 0 aliphatic heterocycles. The monoisotopic (exact) mass is 487 g/mol. The molecule has 34 heavy (non-hydrogen) atoms. The summed E-state index contributed by atoms with van der Waals surface area (Å²) in [6.07, 6.45) is 3.07. The zero-order chi connectivity index (χ0) is 25.0. The summed E-state index contributed by atoms with van der Waals surface area (Å²) in [5.74, 6) is -1.61. The standard InChI is InChI=1S/C24H26FN3O5S/c1-5-33-24(30)23-16(2)22(17(3)27(23)4)21(29)15-28(14-18-7-6-12-26-13-18)34(31,32)20-10-8-19(25)9-11-20/h6-13H,5,14-15H2,1-4H3. The van der Waals surface area contributed by atoms with E-state index >= 15 is 0 Å². The van der Waals surface area contributed by atoms with Crippen LogP contribution >= 0.6 is 0 Å². The van der Waals surface area contributed by atoms with E-state index in [-0.39, 0.29) is 29.3 Å². The average molecular weight is 488 g/mol. The number of ketones is 1. The lowest BCUT2D eigenvalue weighted by molar-refractivity contribution is 0.0514. The fraction of sp³-hybridized carbons (Fsp3) is 0.292. The third kappa shape index (κ3) is 5.07. The normalized spacial score (nSPS) is 11.6. The van der Waals surface area contributed by atoms with Gasteiger partial charge in [-0.3, -0.25) is 9.78 Å². The van der Waals surface area contributed by atoms with Gasteiger partial charge in [-0.1, -0.05) is 6.07 Å². The summed E-state index contributed by atoms with van der Waals surface area (Å²) in [6, 6.07) is 7.77. The second kappa shape index (κ2) is 10.3. The molecule has 0 amide bonds. The number of sulfonamides is 1. The maximum atomic E-state index is 13.4. The van der Waals surface area contributed by atoms with Gasteiger partial charge in [0.15, 0.2) is 5.78 Å². The fourth-order valence-electron chi connectivity index (χ4n) is 3.79. The number of esters is 1. The fourth-order valence-corrected chi connectivity index (χ4v) is 5.18. The van der Waals surface area contributed by atoms with Crippen molar-refractivity contribution < 1.29 is 27.1 Å². The van der Waals surface area contributed by atoms with Gasteiger partial charge in [-0.2, -0.15) is 4.31 Å². The van der Waals surface area contributed by atoms with E-state index in [9.17, 15) is 22.4 Å². The molecule has 2 heterocycles. The molecule has 10 heteroatoms. The van der Waals surface area contributed by atoms with Gasteiger partial charge >= 0.3 is 5.97 Å². The van der Waals surface area contributed by atoms with Gasteiger partial charge in [-0.15, -0.1) is 0 Å². The Kier molecular flexibility index (Phi) is 7.63. The van der Waals surface area contributed by atoms with Crippen LogP contribution in [0.15, 0.2) is 53.7 Å². The van der Waals surface area contributed by atoms with Crippen LogP contribution in [0.2, 0.25) is 0 Å². The second-order valence-corrected chi connectivity index (χ2v) is 9.66. The number of pyridine rings is 1. The number of aromatic nitrogens is 2. The highest BCUT2D eigenvalue weighted by atomic mass is 32.2. The van der Waals surface area contributed by atoms with Crippen molar-refractivity contribution in [2.45, 2.75) is 32.2 Å². The number of carbonyl (C=O) groups excluding carboxylic acids is 2. The van der Waals surface area contributed by atoms with Crippen LogP contribution in [0.5, 0.6) is 0 Å². The van der Waals surface area contributed by atoms with Gasteiger partial charge in [0.05, 0.1) is 18.0 Å². The van der Waals surface area contributed by atoms with Crippen molar-refractivity contribution in [1.82, 2.24) is 13.9 Å². The van der Waals surface area contributed by atoms with Crippen molar-refractivity contribution in [2.75, 3.05) is 13.2 Å². The van der Waals surface area contributed by atoms with E-state index in [1.807, 2.05) is 0 Å². The number of nitrogens with zero attached hydrogens (tertiary/aromatic N) is 3.